The minimum Gasteiger partial charge on any atom is -0.494 e. The van der Waals surface area contributed by atoms with Crippen molar-refractivity contribution in [1.82, 2.24) is 4.57 Å². The molecule has 198 valence electrons. The van der Waals surface area contributed by atoms with Crippen LogP contribution >= 0.6 is 11.3 Å². The average molecular weight is 546 g/mol. The lowest BCUT2D eigenvalue weighted by Crippen LogP contribution is -2.40. The van der Waals surface area contributed by atoms with E-state index in [1.165, 1.54) is 22.8 Å². The summed E-state index contributed by atoms with van der Waals surface area (Å²) >= 11 is 1.10. The predicted molar refractivity (Wildman–Crippen MR) is 144 cm³/mol. The Kier molecular flexibility index (Phi) is 7.24. The number of thiazole rings is 1. The highest BCUT2D eigenvalue weighted by Crippen LogP contribution is 2.35. The number of benzene rings is 2. The van der Waals surface area contributed by atoms with Crippen LogP contribution in [0.2, 0.25) is 0 Å². The van der Waals surface area contributed by atoms with Crippen molar-refractivity contribution in [3.8, 4) is 5.75 Å². The SMILES string of the molecule is CCOC(=O)C1=C(c2ccccc2)N=c2s/c(=C\c3ccc([N+](=O)[O-])o3)c(=O)n2[C@H]1c1ccc(OCC)cc1. The lowest BCUT2D eigenvalue weighted by Gasteiger charge is -2.26. The van der Waals surface area contributed by atoms with Crippen LogP contribution in [0.3, 0.4) is 0 Å². The molecule has 0 radical (unpaired) electrons. The number of hydrogen-bond donors (Lipinski definition) is 0. The number of nitrogens with zero attached hydrogens (tertiary/aromatic N) is 3. The van der Waals surface area contributed by atoms with Gasteiger partial charge in [0.1, 0.15) is 16.4 Å². The van der Waals surface area contributed by atoms with Crippen molar-refractivity contribution >= 4 is 35.0 Å². The lowest BCUT2D eigenvalue weighted by atomic mass is 9.93. The van der Waals surface area contributed by atoms with E-state index in [0.717, 1.165) is 11.3 Å². The van der Waals surface area contributed by atoms with E-state index in [1.807, 2.05) is 37.3 Å². The molecule has 0 aliphatic carbocycles. The molecule has 0 amide bonds. The van der Waals surface area contributed by atoms with Crippen LogP contribution in [0, 0.1) is 10.1 Å². The van der Waals surface area contributed by atoms with Crippen LogP contribution in [0.4, 0.5) is 5.88 Å². The topological polar surface area (TPSA) is 126 Å². The van der Waals surface area contributed by atoms with Crippen LogP contribution < -0.4 is 19.6 Å². The maximum atomic E-state index is 13.8. The number of carbonyl (C=O) groups is 1. The maximum Gasteiger partial charge on any atom is 0.433 e. The van der Waals surface area contributed by atoms with Crippen LogP contribution in [-0.4, -0.2) is 28.7 Å². The molecule has 0 fully saturated rings. The van der Waals surface area contributed by atoms with Gasteiger partial charge >= 0.3 is 11.9 Å². The van der Waals surface area contributed by atoms with Crippen LogP contribution in [0.25, 0.3) is 11.8 Å². The summed E-state index contributed by atoms with van der Waals surface area (Å²) in [6.45, 7) is 4.23. The van der Waals surface area contributed by atoms with Gasteiger partial charge in [0.2, 0.25) is 0 Å². The first-order chi connectivity index (χ1) is 18.9. The number of nitro groups is 1. The summed E-state index contributed by atoms with van der Waals surface area (Å²) < 4.78 is 18.0. The second-order valence-corrected chi connectivity index (χ2v) is 9.38. The van der Waals surface area contributed by atoms with Gasteiger partial charge in [-0.25, -0.2) is 9.79 Å². The van der Waals surface area contributed by atoms with E-state index < -0.39 is 28.4 Å². The van der Waals surface area contributed by atoms with Crippen LogP contribution in [0.15, 0.2) is 86.5 Å². The molecule has 0 spiro atoms. The number of carbonyl (C=O) groups excluding carboxylic acids is 1. The Balaban J connectivity index is 1.78. The van der Waals surface area contributed by atoms with Gasteiger partial charge in [0, 0.05) is 11.6 Å². The Morgan fingerprint density at radius 3 is 2.49 bits per heavy atom. The second kappa shape index (κ2) is 10.9. The smallest absolute Gasteiger partial charge is 0.433 e. The van der Waals surface area contributed by atoms with Gasteiger partial charge < -0.3 is 13.9 Å². The summed E-state index contributed by atoms with van der Waals surface area (Å²) in [4.78, 5) is 42.8. The zero-order valence-electron chi connectivity index (χ0n) is 21.0. The maximum absolute atomic E-state index is 13.8. The molecular weight excluding hydrogens is 522 g/mol. The molecule has 39 heavy (non-hydrogen) atoms. The molecule has 4 aromatic rings. The summed E-state index contributed by atoms with van der Waals surface area (Å²) in [7, 11) is 0. The van der Waals surface area contributed by atoms with Crippen LogP contribution in [0.1, 0.15) is 36.8 Å². The van der Waals surface area contributed by atoms with Crippen molar-refractivity contribution in [3.05, 3.63) is 119 Å². The third kappa shape index (κ3) is 5.04. The Labute approximate surface area is 225 Å². The number of ether oxygens (including phenoxy) is 2. The number of hydrogen-bond acceptors (Lipinski definition) is 9. The van der Waals surface area contributed by atoms with Gasteiger partial charge in [-0.15, -0.1) is 0 Å². The Morgan fingerprint density at radius 1 is 1.10 bits per heavy atom. The highest BCUT2D eigenvalue weighted by Gasteiger charge is 2.35. The largest absolute Gasteiger partial charge is 0.494 e. The highest BCUT2D eigenvalue weighted by molar-refractivity contribution is 7.07. The Bertz CT molecular complexity index is 1750. The molecule has 10 nitrogen and oxygen atoms in total. The molecule has 0 N–H and O–H groups in total. The molecule has 11 heteroatoms. The summed E-state index contributed by atoms with van der Waals surface area (Å²) in [5, 5.41) is 11.0. The number of furan rings is 1. The minimum absolute atomic E-state index is 0.141. The molecule has 5 rings (SSSR count). The standard InChI is InChI=1S/C28H23N3O7S/c1-3-36-19-12-10-18(11-13-19)25-23(27(33)37-4-2)24(17-8-6-5-7-9-17)29-28-30(25)26(32)21(39-28)16-20-14-15-22(38-20)31(34)35/h5-16,25H,3-4H2,1-2H3/b21-16-/t25-/m0/s1. The molecule has 1 aliphatic heterocycles. The summed E-state index contributed by atoms with van der Waals surface area (Å²) in [6.07, 6.45) is 1.43. The fraction of sp³-hybridized carbons (Fsp3) is 0.179. The summed E-state index contributed by atoms with van der Waals surface area (Å²) in [5.41, 5.74) is 1.54. The fourth-order valence-electron chi connectivity index (χ4n) is 4.32. The van der Waals surface area contributed by atoms with E-state index >= 15 is 0 Å². The number of esters is 1. The van der Waals surface area contributed by atoms with Crippen molar-refractivity contribution in [2.24, 2.45) is 4.99 Å². The van der Waals surface area contributed by atoms with E-state index in [4.69, 9.17) is 18.9 Å². The summed E-state index contributed by atoms with van der Waals surface area (Å²) in [5.74, 6) is -0.220. The highest BCUT2D eigenvalue weighted by atomic mass is 32.1. The van der Waals surface area contributed by atoms with E-state index in [9.17, 15) is 19.7 Å². The molecule has 0 unspecified atom stereocenters. The summed E-state index contributed by atoms with van der Waals surface area (Å²) in [6, 6.07) is 18.2. The third-order valence-corrected chi connectivity index (χ3v) is 6.93. The minimum atomic E-state index is -0.848. The third-order valence-electron chi connectivity index (χ3n) is 5.95. The van der Waals surface area contributed by atoms with E-state index in [-0.39, 0.29) is 22.5 Å². The van der Waals surface area contributed by atoms with Gasteiger partial charge in [0.15, 0.2) is 4.80 Å². The van der Waals surface area contributed by atoms with Gasteiger partial charge in [-0.3, -0.25) is 19.5 Å². The molecular formula is C28H23N3O7S. The average Bonchev–Trinajstić information content (AvgIpc) is 3.54. The van der Waals surface area contributed by atoms with Crippen molar-refractivity contribution in [2.45, 2.75) is 19.9 Å². The Hall–Kier alpha value is -4.77. The zero-order valence-corrected chi connectivity index (χ0v) is 21.8. The second-order valence-electron chi connectivity index (χ2n) is 8.37. The van der Waals surface area contributed by atoms with Crippen LogP contribution in [-0.2, 0) is 9.53 Å². The number of fused-ring (bicyclic) bond motifs is 1. The lowest BCUT2D eigenvalue weighted by molar-refractivity contribution is -0.402. The monoisotopic (exact) mass is 545 g/mol. The first-order valence-corrected chi connectivity index (χ1v) is 13.0. The van der Waals surface area contributed by atoms with E-state index in [2.05, 4.69) is 0 Å². The normalized spacial score (nSPS) is 15.0. The first kappa shape index (κ1) is 25.9. The number of aromatic nitrogens is 1. The van der Waals surface area contributed by atoms with Crippen molar-refractivity contribution in [2.75, 3.05) is 13.2 Å². The zero-order chi connectivity index (χ0) is 27.5. The molecule has 1 atom stereocenters. The predicted octanol–water partition coefficient (Wildman–Crippen LogP) is 3.84. The molecule has 0 bridgehead atoms. The molecule has 0 saturated heterocycles. The van der Waals surface area contributed by atoms with Gasteiger partial charge in [-0.2, -0.15) is 0 Å². The van der Waals surface area contributed by atoms with Crippen molar-refractivity contribution in [3.63, 3.8) is 0 Å². The molecule has 3 heterocycles. The van der Waals surface area contributed by atoms with Crippen LogP contribution in [0.5, 0.6) is 5.75 Å². The Morgan fingerprint density at radius 2 is 1.85 bits per heavy atom. The van der Waals surface area contributed by atoms with Gasteiger partial charge in [0.05, 0.1) is 41.1 Å². The van der Waals surface area contributed by atoms with Crippen molar-refractivity contribution < 1.29 is 23.6 Å². The molecule has 0 saturated carbocycles. The van der Waals surface area contributed by atoms with Gasteiger partial charge in [-0.05, 0) is 37.6 Å². The molecule has 1 aliphatic rings. The first-order valence-electron chi connectivity index (χ1n) is 12.2. The van der Waals surface area contributed by atoms with E-state index in [0.29, 0.717) is 34.0 Å². The quantitative estimate of drug-likeness (QED) is 0.187. The van der Waals surface area contributed by atoms with Gasteiger partial charge in [-0.1, -0.05) is 53.8 Å². The van der Waals surface area contributed by atoms with Gasteiger partial charge in [0.25, 0.3) is 5.56 Å². The molecule has 2 aromatic carbocycles. The van der Waals surface area contributed by atoms with Crippen molar-refractivity contribution in [1.29, 1.82) is 0 Å². The number of rotatable bonds is 8. The fourth-order valence-corrected chi connectivity index (χ4v) is 5.30. The van der Waals surface area contributed by atoms with E-state index in [1.54, 1.807) is 31.2 Å². The molecule has 2 aromatic heterocycles.